The molecule has 4 nitrogen and oxygen atoms in total. The summed E-state index contributed by atoms with van der Waals surface area (Å²) in [6, 6.07) is 3.50. The standard InChI is InChI=1S/C10H13N3O/c11-9(12)8-2-1-5-13-10(8)14-6-7-3-4-7/h1-2,5,7H,3-4,6H2,(H3,11,12). The SMILES string of the molecule is N=C(N)c1cccnc1OCC1CC1. The number of hydrogen-bond acceptors (Lipinski definition) is 3. The second-order valence-electron chi connectivity index (χ2n) is 3.52. The molecular formula is C10H13N3O. The van der Waals surface area contributed by atoms with Gasteiger partial charge in [0, 0.05) is 6.20 Å². The van der Waals surface area contributed by atoms with E-state index in [2.05, 4.69) is 4.98 Å². The zero-order valence-electron chi connectivity index (χ0n) is 7.86. The molecule has 0 bridgehead atoms. The molecule has 74 valence electrons. The fourth-order valence-electron chi connectivity index (χ4n) is 1.19. The fourth-order valence-corrected chi connectivity index (χ4v) is 1.19. The van der Waals surface area contributed by atoms with Crippen LogP contribution in [0, 0.1) is 11.3 Å². The lowest BCUT2D eigenvalue weighted by molar-refractivity contribution is 0.288. The monoisotopic (exact) mass is 191 g/mol. The Labute approximate surface area is 82.6 Å². The van der Waals surface area contributed by atoms with Crippen molar-refractivity contribution in [1.29, 1.82) is 5.41 Å². The smallest absolute Gasteiger partial charge is 0.224 e. The highest BCUT2D eigenvalue weighted by molar-refractivity contribution is 5.96. The second kappa shape index (κ2) is 3.65. The summed E-state index contributed by atoms with van der Waals surface area (Å²) in [4.78, 5) is 4.06. The second-order valence-corrected chi connectivity index (χ2v) is 3.52. The van der Waals surface area contributed by atoms with E-state index in [1.54, 1.807) is 18.3 Å². The van der Waals surface area contributed by atoms with Crippen LogP contribution in [0.1, 0.15) is 18.4 Å². The van der Waals surface area contributed by atoms with Crippen molar-refractivity contribution < 1.29 is 4.74 Å². The topological polar surface area (TPSA) is 72.0 Å². The van der Waals surface area contributed by atoms with Crippen LogP contribution in [-0.4, -0.2) is 17.4 Å². The average molecular weight is 191 g/mol. The van der Waals surface area contributed by atoms with Crippen molar-refractivity contribution in [2.45, 2.75) is 12.8 Å². The molecule has 1 aromatic heterocycles. The third-order valence-electron chi connectivity index (χ3n) is 2.21. The number of nitrogens with two attached hydrogens (primary N) is 1. The highest BCUT2D eigenvalue weighted by Crippen LogP contribution is 2.29. The highest BCUT2D eigenvalue weighted by Gasteiger charge is 2.22. The highest BCUT2D eigenvalue weighted by atomic mass is 16.5. The number of rotatable bonds is 4. The van der Waals surface area contributed by atoms with Gasteiger partial charge in [-0.15, -0.1) is 0 Å². The summed E-state index contributed by atoms with van der Waals surface area (Å²) in [6.45, 7) is 0.692. The van der Waals surface area contributed by atoms with Gasteiger partial charge in [-0.3, -0.25) is 5.41 Å². The Bertz CT molecular complexity index is 347. The molecule has 0 unspecified atom stereocenters. The van der Waals surface area contributed by atoms with E-state index < -0.39 is 0 Å². The van der Waals surface area contributed by atoms with E-state index in [1.807, 2.05) is 0 Å². The van der Waals surface area contributed by atoms with Crippen LogP contribution in [-0.2, 0) is 0 Å². The summed E-state index contributed by atoms with van der Waals surface area (Å²) < 4.78 is 5.49. The maximum Gasteiger partial charge on any atom is 0.224 e. The van der Waals surface area contributed by atoms with Crippen LogP contribution >= 0.6 is 0 Å². The van der Waals surface area contributed by atoms with Gasteiger partial charge in [-0.05, 0) is 30.9 Å². The normalized spacial score (nSPS) is 15.1. The molecule has 1 aliphatic carbocycles. The molecule has 1 aromatic rings. The summed E-state index contributed by atoms with van der Waals surface area (Å²) in [5, 5.41) is 7.34. The van der Waals surface area contributed by atoms with Gasteiger partial charge >= 0.3 is 0 Å². The molecule has 0 aromatic carbocycles. The zero-order valence-corrected chi connectivity index (χ0v) is 7.86. The first-order chi connectivity index (χ1) is 6.77. The maximum absolute atomic E-state index is 7.34. The van der Waals surface area contributed by atoms with Gasteiger partial charge in [-0.1, -0.05) is 0 Å². The molecule has 14 heavy (non-hydrogen) atoms. The minimum Gasteiger partial charge on any atom is -0.477 e. The lowest BCUT2D eigenvalue weighted by Crippen LogP contribution is -2.14. The van der Waals surface area contributed by atoms with Gasteiger partial charge in [0.1, 0.15) is 5.84 Å². The summed E-state index contributed by atoms with van der Waals surface area (Å²) in [7, 11) is 0. The van der Waals surface area contributed by atoms with E-state index >= 15 is 0 Å². The molecule has 0 amide bonds. The average Bonchev–Trinajstić information content (AvgIpc) is 2.98. The minimum atomic E-state index is 0.00361. The summed E-state index contributed by atoms with van der Waals surface area (Å²) in [5.41, 5.74) is 5.98. The number of pyridine rings is 1. The molecule has 3 N–H and O–H groups in total. The molecule has 4 heteroatoms. The van der Waals surface area contributed by atoms with Crippen LogP contribution in [0.3, 0.4) is 0 Å². The first-order valence-electron chi connectivity index (χ1n) is 4.69. The predicted molar refractivity (Wildman–Crippen MR) is 53.5 cm³/mol. The van der Waals surface area contributed by atoms with Gasteiger partial charge < -0.3 is 10.5 Å². The predicted octanol–water partition coefficient (Wildman–Crippen LogP) is 1.15. The van der Waals surface area contributed by atoms with E-state index in [0.29, 0.717) is 24.0 Å². The molecule has 1 aliphatic rings. The minimum absolute atomic E-state index is 0.00361. The van der Waals surface area contributed by atoms with E-state index in [4.69, 9.17) is 15.9 Å². The molecule has 0 atom stereocenters. The Balaban J connectivity index is 2.09. The largest absolute Gasteiger partial charge is 0.477 e. The number of ether oxygens (including phenoxy) is 1. The van der Waals surface area contributed by atoms with Crippen molar-refractivity contribution in [1.82, 2.24) is 4.98 Å². The van der Waals surface area contributed by atoms with E-state index in [-0.39, 0.29) is 5.84 Å². The van der Waals surface area contributed by atoms with Gasteiger partial charge in [-0.2, -0.15) is 0 Å². The Kier molecular flexibility index (Phi) is 2.35. The molecule has 0 aliphatic heterocycles. The van der Waals surface area contributed by atoms with Crippen LogP contribution in [0.4, 0.5) is 0 Å². The van der Waals surface area contributed by atoms with E-state index in [1.165, 1.54) is 12.8 Å². The number of nitrogens with zero attached hydrogens (tertiary/aromatic N) is 1. The third-order valence-corrected chi connectivity index (χ3v) is 2.21. The van der Waals surface area contributed by atoms with Crippen LogP contribution < -0.4 is 10.5 Å². The van der Waals surface area contributed by atoms with Crippen molar-refractivity contribution in [3.05, 3.63) is 23.9 Å². The number of aromatic nitrogens is 1. The summed E-state index contributed by atoms with van der Waals surface area (Å²) in [6.07, 6.45) is 4.12. The zero-order chi connectivity index (χ0) is 9.97. The van der Waals surface area contributed by atoms with Gasteiger partial charge in [-0.25, -0.2) is 4.98 Å². The number of amidine groups is 1. The van der Waals surface area contributed by atoms with Gasteiger partial charge in [0.15, 0.2) is 0 Å². The maximum atomic E-state index is 7.34. The first-order valence-corrected chi connectivity index (χ1v) is 4.69. The van der Waals surface area contributed by atoms with Gasteiger partial charge in [0.2, 0.25) is 5.88 Å². The Morgan fingerprint density at radius 2 is 2.43 bits per heavy atom. The summed E-state index contributed by atoms with van der Waals surface area (Å²) >= 11 is 0. The number of nitrogen functional groups attached to an aromatic ring is 1. The van der Waals surface area contributed by atoms with Crippen molar-refractivity contribution in [2.75, 3.05) is 6.61 Å². The van der Waals surface area contributed by atoms with Gasteiger partial charge in [0.25, 0.3) is 0 Å². The number of hydrogen-bond donors (Lipinski definition) is 2. The van der Waals surface area contributed by atoms with Crippen molar-refractivity contribution >= 4 is 5.84 Å². The Hall–Kier alpha value is -1.58. The lowest BCUT2D eigenvalue weighted by Gasteiger charge is -2.07. The van der Waals surface area contributed by atoms with Crippen LogP contribution in [0.2, 0.25) is 0 Å². The summed E-state index contributed by atoms with van der Waals surface area (Å²) in [5.74, 6) is 1.16. The lowest BCUT2D eigenvalue weighted by atomic mass is 10.2. The molecule has 0 radical (unpaired) electrons. The van der Waals surface area contributed by atoms with Gasteiger partial charge in [0.05, 0.1) is 12.2 Å². The molecular weight excluding hydrogens is 178 g/mol. The Morgan fingerprint density at radius 1 is 1.64 bits per heavy atom. The van der Waals surface area contributed by atoms with Crippen LogP contribution in [0.5, 0.6) is 5.88 Å². The van der Waals surface area contributed by atoms with Crippen molar-refractivity contribution in [2.24, 2.45) is 11.7 Å². The fraction of sp³-hybridized carbons (Fsp3) is 0.400. The van der Waals surface area contributed by atoms with Crippen molar-refractivity contribution in [3.63, 3.8) is 0 Å². The quantitative estimate of drug-likeness (QED) is 0.554. The third kappa shape index (κ3) is 2.02. The first kappa shape index (κ1) is 8.99. The van der Waals surface area contributed by atoms with E-state index in [0.717, 1.165) is 0 Å². The molecule has 1 heterocycles. The molecule has 0 spiro atoms. The molecule has 0 saturated heterocycles. The molecule has 1 fully saturated rings. The van der Waals surface area contributed by atoms with Crippen LogP contribution in [0.15, 0.2) is 18.3 Å². The van der Waals surface area contributed by atoms with Crippen molar-refractivity contribution in [3.8, 4) is 5.88 Å². The van der Waals surface area contributed by atoms with E-state index in [9.17, 15) is 0 Å². The Morgan fingerprint density at radius 3 is 3.07 bits per heavy atom. The number of nitrogens with one attached hydrogen (secondary N) is 1. The molecule has 1 saturated carbocycles. The van der Waals surface area contributed by atoms with Crippen LogP contribution in [0.25, 0.3) is 0 Å². The molecule has 2 rings (SSSR count).